The van der Waals surface area contributed by atoms with Gasteiger partial charge in [0.15, 0.2) is 0 Å². The maximum Gasteiger partial charge on any atom is 0.0600 e. The van der Waals surface area contributed by atoms with Crippen molar-refractivity contribution in [2.24, 2.45) is 0 Å². The third-order valence-corrected chi connectivity index (χ3v) is 4.09. The van der Waals surface area contributed by atoms with E-state index in [0.717, 1.165) is 26.2 Å². The largest absolute Gasteiger partial charge is 0.377 e. The highest BCUT2D eigenvalue weighted by Gasteiger charge is 2.20. The fourth-order valence-corrected chi connectivity index (χ4v) is 2.64. The number of rotatable bonds is 4. The molecular formula is C13H27N3O. The minimum absolute atomic E-state index is 0.501. The molecule has 1 N–H and O–H groups in total. The van der Waals surface area contributed by atoms with E-state index >= 15 is 0 Å². The summed E-state index contributed by atoms with van der Waals surface area (Å²) in [5.74, 6) is 0. The standard InChI is InChI=1S/C13H27N3O/c1-12-11-16(8-7-15(12)2)9-10-17-13-3-5-14-6-4-13/h12-14H,3-11H2,1-2H3. The Morgan fingerprint density at radius 1 is 1.24 bits per heavy atom. The molecule has 100 valence electrons. The molecule has 2 aliphatic rings. The highest BCUT2D eigenvalue weighted by Crippen LogP contribution is 2.09. The van der Waals surface area contributed by atoms with Crippen LogP contribution in [0.3, 0.4) is 0 Å². The van der Waals surface area contributed by atoms with Gasteiger partial charge in [0.2, 0.25) is 0 Å². The van der Waals surface area contributed by atoms with Gasteiger partial charge in [-0.25, -0.2) is 0 Å². The Morgan fingerprint density at radius 2 is 2.00 bits per heavy atom. The summed E-state index contributed by atoms with van der Waals surface area (Å²) in [5, 5.41) is 3.37. The van der Waals surface area contributed by atoms with Crippen molar-refractivity contribution in [1.82, 2.24) is 15.1 Å². The third kappa shape index (κ3) is 4.21. The molecule has 1 atom stereocenters. The number of hydrogen-bond acceptors (Lipinski definition) is 4. The molecule has 4 heteroatoms. The summed E-state index contributed by atoms with van der Waals surface area (Å²) >= 11 is 0. The first-order chi connectivity index (χ1) is 8.25. The molecule has 0 amide bonds. The van der Waals surface area contributed by atoms with E-state index in [2.05, 4.69) is 29.1 Å². The Hall–Kier alpha value is -0.160. The number of ether oxygens (including phenoxy) is 1. The maximum atomic E-state index is 5.95. The highest BCUT2D eigenvalue weighted by atomic mass is 16.5. The highest BCUT2D eigenvalue weighted by molar-refractivity contribution is 4.76. The second-order valence-corrected chi connectivity index (χ2v) is 5.45. The zero-order valence-electron chi connectivity index (χ0n) is 11.3. The van der Waals surface area contributed by atoms with Crippen LogP contribution in [0.5, 0.6) is 0 Å². The predicted molar refractivity (Wildman–Crippen MR) is 70.4 cm³/mol. The molecule has 17 heavy (non-hydrogen) atoms. The number of hydrogen-bond donors (Lipinski definition) is 1. The second kappa shape index (κ2) is 6.69. The fraction of sp³-hybridized carbons (Fsp3) is 1.00. The molecule has 0 aromatic carbocycles. The van der Waals surface area contributed by atoms with Gasteiger partial charge in [-0.05, 0) is 39.9 Å². The minimum atomic E-state index is 0.501. The van der Waals surface area contributed by atoms with Crippen LogP contribution in [0.2, 0.25) is 0 Å². The van der Waals surface area contributed by atoms with Gasteiger partial charge in [-0.15, -0.1) is 0 Å². The van der Waals surface area contributed by atoms with Gasteiger partial charge >= 0.3 is 0 Å². The molecule has 0 bridgehead atoms. The Balaban J connectivity index is 1.58. The minimum Gasteiger partial charge on any atom is -0.377 e. The van der Waals surface area contributed by atoms with E-state index in [0.29, 0.717) is 12.1 Å². The number of likely N-dealkylation sites (N-methyl/N-ethyl adjacent to an activating group) is 1. The predicted octanol–water partition coefficient (Wildman–Crippen LogP) is 0.391. The smallest absolute Gasteiger partial charge is 0.0600 e. The number of piperidine rings is 1. The van der Waals surface area contributed by atoms with Crippen LogP contribution in [0, 0.1) is 0 Å². The van der Waals surface area contributed by atoms with E-state index in [1.165, 1.54) is 32.5 Å². The first-order valence-corrected chi connectivity index (χ1v) is 7.00. The van der Waals surface area contributed by atoms with Crippen molar-refractivity contribution in [3.63, 3.8) is 0 Å². The van der Waals surface area contributed by atoms with Crippen molar-refractivity contribution in [1.29, 1.82) is 0 Å². The van der Waals surface area contributed by atoms with Crippen LogP contribution in [0.1, 0.15) is 19.8 Å². The average Bonchev–Trinajstić information content (AvgIpc) is 2.35. The van der Waals surface area contributed by atoms with Crippen LogP contribution in [0.15, 0.2) is 0 Å². The molecule has 0 saturated carbocycles. The van der Waals surface area contributed by atoms with Crippen LogP contribution in [-0.4, -0.2) is 74.9 Å². The molecule has 2 saturated heterocycles. The number of piperazine rings is 1. The van der Waals surface area contributed by atoms with Gasteiger partial charge in [-0.3, -0.25) is 4.90 Å². The van der Waals surface area contributed by atoms with Crippen molar-refractivity contribution < 1.29 is 4.74 Å². The summed E-state index contributed by atoms with van der Waals surface area (Å²) in [7, 11) is 2.22. The van der Waals surface area contributed by atoms with Crippen molar-refractivity contribution in [3.05, 3.63) is 0 Å². The van der Waals surface area contributed by atoms with Crippen LogP contribution in [0.25, 0.3) is 0 Å². The molecule has 2 heterocycles. The zero-order valence-corrected chi connectivity index (χ0v) is 11.3. The summed E-state index contributed by atoms with van der Waals surface area (Å²) in [6, 6.07) is 0.683. The molecule has 2 fully saturated rings. The fourth-order valence-electron chi connectivity index (χ4n) is 2.64. The van der Waals surface area contributed by atoms with E-state index in [1.807, 2.05) is 0 Å². The van der Waals surface area contributed by atoms with Crippen LogP contribution in [-0.2, 0) is 4.74 Å². The lowest BCUT2D eigenvalue weighted by molar-refractivity contribution is 0.00868. The van der Waals surface area contributed by atoms with Crippen molar-refractivity contribution in [2.45, 2.75) is 31.9 Å². The van der Waals surface area contributed by atoms with E-state index in [4.69, 9.17) is 4.74 Å². The number of nitrogens with zero attached hydrogens (tertiary/aromatic N) is 2. The summed E-state index contributed by atoms with van der Waals surface area (Å²) in [6.45, 7) is 10.1. The Morgan fingerprint density at radius 3 is 2.71 bits per heavy atom. The van der Waals surface area contributed by atoms with Crippen molar-refractivity contribution >= 4 is 0 Å². The van der Waals surface area contributed by atoms with Gasteiger partial charge in [0.25, 0.3) is 0 Å². The van der Waals surface area contributed by atoms with Crippen molar-refractivity contribution in [2.75, 3.05) is 52.9 Å². The molecule has 0 aliphatic carbocycles. The average molecular weight is 241 g/mol. The van der Waals surface area contributed by atoms with Gasteiger partial charge in [-0.1, -0.05) is 0 Å². The Bertz CT molecular complexity index is 219. The van der Waals surface area contributed by atoms with Crippen LogP contribution in [0.4, 0.5) is 0 Å². The molecule has 4 nitrogen and oxygen atoms in total. The van der Waals surface area contributed by atoms with Gasteiger partial charge in [-0.2, -0.15) is 0 Å². The molecule has 0 radical (unpaired) electrons. The molecule has 1 unspecified atom stereocenters. The Labute approximate surface area is 105 Å². The second-order valence-electron chi connectivity index (χ2n) is 5.45. The maximum absolute atomic E-state index is 5.95. The summed E-state index contributed by atoms with van der Waals surface area (Å²) < 4.78 is 5.95. The quantitative estimate of drug-likeness (QED) is 0.771. The Kier molecular flexibility index (Phi) is 5.22. The number of nitrogens with one attached hydrogen (secondary N) is 1. The van der Waals surface area contributed by atoms with E-state index in [9.17, 15) is 0 Å². The monoisotopic (exact) mass is 241 g/mol. The SMILES string of the molecule is CC1CN(CCOC2CCNCC2)CCN1C. The summed E-state index contributed by atoms with van der Waals surface area (Å²) in [4.78, 5) is 4.97. The third-order valence-electron chi connectivity index (χ3n) is 4.09. The van der Waals surface area contributed by atoms with E-state index in [1.54, 1.807) is 0 Å². The topological polar surface area (TPSA) is 27.7 Å². The molecule has 0 aromatic heterocycles. The molecule has 0 spiro atoms. The molecule has 0 aromatic rings. The first kappa shape index (κ1) is 13.3. The van der Waals surface area contributed by atoms with Gasteiger partial charge in [0.05, 0.1) is 12.7 Å². The molecule has 2 rings (SSSR count). The van der Waals surface area contributed by atoms with Crippen LogP contribution >= 0.6 is 0 Å². The van der Waals surface area contributed by atoms with Gasteiger partial charge in [0.1, 0.15) is 0 Å². The molecular weight excluding hydrogens is 214 g/mol. The first-order valence-electron chi connectivity index (χ1n) is 7.00. The van der Waals surface area contributed by atoms with Gasteiger partial charge in [0, 0.05) is 32.2 Å². The lowest BCUT2D eigenvalue weighted by atomic mass is 10.1. The zero-order chi connectivity index (χ0) is 12.1. The summed E-state index contributed by atoms with van der Waals surface area (Å²) in [5.41, 5.74) is 0. The van der Waals surface area contributed by atoms with E-state index < -0.39 is 0 Å². The van der Waals surface area contributed by atoms with E-state index in [-0.39, 0.29) is 0 Å². The van der Waals surface area contributed by atoms with Crippen LogP contribution < -0.4 is 5.32 Å². The molecule has 2 aliphatic heterocycles. The lowest BCUT2D eigenvalue weighted by Crippen LogP contribution is -2.50. The van der Waals surface area contributed by atoms with Crippen molar-refractivity contribution in [3.8, 4) is 0 Å². The van der Waals surface area contributed by atoms with Gasteiger partial charge < -0.3 is 15.0 Å². The normalized spacial score (nSPS) is 29.6. The lowest BCUT2D eigenvalue weighted by Gasteiger charge is -2.37. The summed E-state index contributed by atoms with van der Waals surface area (Å²) in [6.07, 6.45) is 2.86.